The number of carbonyl (C=O) groups excluding carboxylic acids is 1. The predicted molar refractivity (Wildman–Crippen MR) is 80.6 cm³/mol. The summed E-state index contributed by atoms with van der Waals surface area (Å²) in [4.78, 5) is 28.6. The van der Waals surface area contributed by atoms with Crippen LogP contribution in [0.5, 0.6) is 0 Å². The zero-order valence-corrected chi connectivity index (χ0v) is 12.6. The molecule has 1 aromatic rings. The average molecular weight is 294 g/mol. The van der Waals surface area contributed by atoms with Crippen molar-refractivity contribution in [3.63, 3.8) is 0 Å². The van der Waals surface area contributed by atoms with Gasteiger partial charge in [0, 0.05) is 25.3 Å². The molecule has 0 spiro atoms. The molecule has 7 nitrogen and oxygen atoms in total. The monoisotopic (exact) mass is 294 g/mol. The van der Waals surface area contributed by atoms with Gasteiger partial charge in [-0.3, -0.25) is 0 Å². The molecule has 0 saturated carbocycles. The van der Waals surface area contributed by atoms with Crippen molar-refractivity contribution in [2.75, 3.05) is 25.5 Å². The molecule has 0 aliphatic carbocycles. The van der Waals surface area contributed by atoms with Crippen LogP contribution in [0, 0.1) is 0 Å². The summed E-state index contributed by atoms with van der Waals surface area (Å²) in [5.41, 5.74) is 0.00199. The smallest absolute Gasteiger partial charge is 0.356 e. The normalized spacial score (nSPS) is 12.0. The van der Waals surface area contributed by atoms with Gasteiger partial charge in [-0.15, -0.1) is 0 Å². The second-order valence-electron chi connectivity index (χ2n) is 4.82. The highest BCUT2D eigenvalue weighted by Crippen LogP contribution is 2.11. The molecule has 0 aliphatic heterocycles. The predicted octanol–water partition coefficient (Wildman–Crippen LogP) is 1.63. The lowest BCUT2D eigenvalue weighted by Crippen LogP contribution is -2.38. The number of pyridine rings is 1. The van der Waals surface area contributed by atoms with Gasteiger partial charge in [0.1, 0.15) is 0 Å². The highest BCUT2D eigenvalue weighted by atomic mass is 16.4. The number of rotatable bonds is 7. The minimum atomic E-state index is -1.18. The molecule has 3 N–H and O–H groups in total. The van der Waals surface area contributed by atoms with Gasteiger partial charge in [0.15, 0.2) is 5.69 Å². The summed E-state index contributed by atoms with van der Waals surface area (Å²) in [6.07, 6.45) is 2.41. The Balaban J connectivity index is 2.46. The van der Waals surface area contributed by atoms with Crippen molar-refractivity contribution in [3.05, 3.63) is 24.0 Å². The molecule has 0 radical (unpaired) electrons. The number of carboxylic acids is 1. The molecule has 116 valence electrons. The van der Waals surface area contributed by atoms with Crippen LogP contribution >= 0.6 is 0 Å². The first-order chi connectivity index (χ1) is 9.95. The van der Waals surface area contributed by atoms with Gasteiger partial charge >= 0.3 is 12.0 Å². The number of hydrogen-bond acceptors (Lipinski definition) is 4. The maximum absolute atomic E-state index is 11.7. The van der Waals surface area contributed by atoms with Crippen LogP contribution in [-0.2, 0) is 0 Å². The van der Waals surface area contributed by atoms with Crippen LogP contribution in [0.25, 0.3) is 0 Å². The van der Waals surface area contributed by atoms with Crippen molar-refractivity contribution >= 4 is 17.7 Å². The van der Waals surface area contributed by atoms with Crippen LogP contribution in [0.1, 0.15) is 30.8 Å². The minimum absolute atomic E-state index is 0.177. The van der Waals surface area contributed by atoms with Crippen molar-refractivity contribution in [1.82, 2.24) is 15.2 Å². The molecule has 1 aromatic heterocycles. The molecule has 1 rings (SSSR count). The summed E-state index contributed by atoms with van der Waals surface area (Å²) in [6, 6.07) is 3.08. The van der Waals surface area contributed by atoms with Gasteiger partial charge in [0.05, 0.1) is 5.69 Å². The highest BCUT2D eigenvalue weighted by molar-refractivity contribution is 5.98. The Morgan fingerprint density at radius 3 is 2.81 bits per heavy atom. The number of likely N-dealkylation sites (N-methyl/N-ethyl adjacent to an activating group) is 1. The molecule has 1 atom stereocenters. The Morgan fingerprint density at radius 2 is 2.19 bits per heavy atom. The first kappa shape index (κ1) is 16.9. The number of urea groups is 1. The largest absolute Gasteiger partial charge is 0.476 e. The number of hydrogen-bond donors (Lipinski definition) is 3. The Bertz CT molecular complexity index is 493. The fourth-order valence-electron chi connectivity index (χ4n) is 1.72. The summed E-state index contributed by atoms with van der Waals surface area (Å²) in [7, 11) is 2.00. The summed E-state index contributed by atoms with van der Waals surface area (Å²) >= 11 is 0. The number of amides is 2. The fourth-order valence-corrected chi connectivity index (χ4v) is 1.72. The number of aromatic nitrogens is 1. The molecular formula is C14H22N4O3. The molecule has 0 saturated heterocycles. The lowest BCUT2D eigenvalue weighted by atomic mass is 10.2. The lowest BCUT2D eigenvalue weighted by molar-refractivity contribution is 0.0691. The van der Waals surface area contributed by atoms with Gasteiger partial charge < -0.3 is 20.6 Å². The van der Waals surface area contributed by atoms with Crippen LogP contribution in [0.3, 0.4) is 0 Å². The maximum Gasteiger partial charge on any atom is 0.356 e. The van der Waals surface area contributed by atoms with E-state index in [-0.39, 0.29) is 11.4 Å². The Hall–Kier alpha value is -2.15. The Morgan fingerprint density at radius 1 is 1.48 bits per heavy atom. The summed E-state index contributed by atoms with van der Waals surface area (Å²) in [5, 5.41) is 14.2. The van der Waals surface area contributed by atoms with E-state index >= 15 is 0 Å². The third kappa shape index (κ3) is 5.39. The third-order valence-electron chi connectivity index (χ3n) is 3.35. The van der Waals surface area contributed by atoms with Gasteiger partial charge in [-0.05, 0) is 32.5 Å². The molecule has 0 bridgehead atoms. The topological polar surface area (TPSA) is 94.6 Å². The van der Waals surface area contributed by atoms with Crippen molar-refractivity contribution in [2.45, 2.75) is 26.3 Å². The van der Waals surface area contributed by atoms with E-state index in [1.54, 1.807) is 6.07 Å². The van der Waals surface area contributed by atoms with Crippen molar-refractivity contribution in [2.24, 2.45) is 0 Å². The molecule has 7 heteroatoms. The first-order valence-corrected chi connectivity index (χ1v) is 6.89. The quantitative estimate of drug-likeness (QED) is 0.710. The highest BCUT2D eigenvalue weighted by Gasteiger charge is 2.13. The van der Waals surface area contributed by atoms with E-state index in [9.17, 15) is 9.59 Å². The second-order valence-corrected chi connectivity index (χ2v) is 4.82. The van der Waals surface area contributed by atoms with Crippen LogP contribution < -0.4 is 10.6 Å². The molecule has 0 aromatic carbocycles. The molecular weight excluding hydrogens is 272 g/mol. The molecule has 2 amide bonds. The van der Waals surface area contributed by atoms with Crippen LogP contribution in [0.15, 0.2) is 18.3 Å². The average Bonchev–Trinajstić information content (AvgIpc) is 2.46. The second kappa shape index (κ2) is 8.21. The van der Waals surface area contributed by atoms with Crippen LogP contribution in [0.2, 0.25) is 0 Å². The van der Waals surface area contributed by atoms with Gasteiger partial charge in [0.25, 0.3) is 0 Å². The van der Waals surface area contributed by atoms with Crippen molar-refractivity contribution in [3.8, 4) is 0 Å². The zero-order chi connectivity index (χ0) is 15.8. The Kier molecular flexibility index (Phi) is 6.61. The van der Waals surface area contributed by atoms with E-state index in [1.165, 1.54) is 12.3 Å². The van der Waals surface area contributed by atoms with Gasteiger partial charge in [0.2, 0.25) is 0 Å². The summed E-state index contributed by atoms with van der Waals surface area (Å²) in [5.74, 6) is -1.18. The van der Waals surface area contributed by atoms with E-state index in [4.69, 9.17) is 5.11 Å². The molecule has 0 aliphatic rings. The van der Waals surface area contributed by atoms with Gasteiger partial charge in [-0.2, -0.15) is 0 Å². The van der Waals surface area contributed by atoms with Crippen molar-refractivity contribution in [1.29, 1.82) is 0 Å². The number of carboxylic acid groups (broad SMARTS) is 1. The number of aromatic carboxylic acids is 1. The minimum Gasteiger partial charge on any atom is -0.476 e. The molecule has 1 heterocycles. The number of nitrogens with one attached hydrogen (secondary N) is 2. The van der Waals surface area contributed by atoms with E-state index < -0.39 is 12.0 Å². The number of anilines is 1. The molecule has 21 heavy (non-hydrogen) atoms. The zero-order valence-electron chi connectivity index (χ0n) is 12.6. The maximum atomic E-state index is 11.7. The van der Waals surface area contributed by atoms with E-state index in [0.717, 1.165) is 13.0 Å². The van der Waals surface area contributed by atoms with Crippen LogP contribution in [0.4, 0.5) is 10.5 Å². The van der Waals surface area contributed by atoms with E-state index in [1.807, 2.05) is 7.05 Å². The van der Waals surface area contributed by atoms with Gasteiger partial charge in [-0.25, -0.2) is 14.6 Å². The summed E-state index contributed by atoms with van der Waals surface area (Å²) in [6.45, 7) is 5.43. The van der Waals surface area contributed by atoms with E-state index in [0.29, 0.717) is 12.6 Å². The standard InChI is InChI=1S/C14H22N4O3/c1-4-10(2)18(3)9-8-16-14(21)17-11-6-5-7-15-12(11)13(19)20/h5-7,10H,4,8-9H2,1-3H3,(H,19,20)(H2,16,17,21). The third-order valence-corrected chi connectivity index (χ3v) is 3.35. The van der Waals surface area contributed by atoms with E-state index in [2.05, 4.69) is 34.4 Å². The molecule has 1 unspecified atom stereocenters. The first-order valence-electron chi connectivity index (χ1n) is 6.89. The lowest BCUT2D eigenvalue weighted by Gasteiger charge is -2.23. The summed E-state index contributed by atoms with van der Waals surface area (Å²) < 4.78 is 0. The number of nitrogens with zero attached hydrogens (tertiary/aromatic N) is 2. The number of carbonyl (C=O) groups is 2. The Labute approximate surface area is 124 Å². The van der Waals surface area contributed by atoms with Crippen molar-refractivity contribution < 1.29 is 14.7 Å². The fraction of sp³-hybridized carbons (Fsp3) is 0.500. The van der Waals surface area contributed by atoms with Crippen LogP contribution in [-0.4, -0.2) is 53.2 Å². The van der Waals surface area contributed by atoms with Gasteiger partial charge in [-0.1, -0.05) is 6.92 Å². The molecule has 0 fully saturated rings. The SMILES string of the molecule is CCC(C)N(C)CCNC(=O)Nc1cccnc1C(=O)O.